The van der Waals surface area contributed by atoms with E-state index in [2.05, 4.69) is 4.98 Å². The van der Waals surface area contributed by atoms with Crippen molar-refractivity contribution in [1.82, 2.24) is 9.55 Å². The number of nitrogens with one attached hydrogen (secondary N) is 1. The van der Waals surface area contributed by atoms with Gasteiger partial charge in [-0.25, -0.2) is 14.0 Å². The fourth-order valence-electron chi connectivity index (χ4n) is 1.79. The van der Waals surface area contributed by atoms with Gasteiger partial charge in [0, 0.05) is 6.07 Å². The van der Waals surface area contributed by atoms with E-state index in [9.17, 15) is 18.8 Å². The average molecular weight is 278 g/mol. The zero-order chi connectivity index (χ0) is 14.9. The van der Waals surface area contributed by atoms with Gasteiger partial charge in [0.2, 0.25) is 0 Å². The molecule has 104 valence electrons. The Labute approximate surface area is 112 Å². The van der Waals surface area contributed by atoms with Crippen LogP contribution in [0, 0.1) is 12.7 Å². The number of aromatic carboxylic acids is 1. The molecule has 20 heavy (non-hydrogen) atoms. The van der Waals surface area contributed by atoms with E-state index in [4.69, 9.17) is 5.11 Å². The summed E-state index contributed by atoms with van der Waals surface area (Å²) in [7, 11) is 0. The standard InChI is InChI=1S/C13H11FN2O4/c1-7-4-9(14)3-2-8(7)6-16-11(17)5-10(12(18)19)15-13(16)20/h2-5H,6H2,1H3,(H,15,20)(H,18,19). The minimum atomic E-state index is -1.38. The van der Waals surface area contributed by atoms with Gasteiger partial charge in [-0.1, -0.05) is 6.07 Å². The Morgan fingerprint density at radius 2 is 2.05 bits per heavy atom. The van der Waals surface area contributed by atoms with E-state index >= 15 is 0 Å². The number of benzene rings is 1. The number of carbonyl (C=O) groups is 1. The normalized spacial score (nSPS) is 10.5. The first-order valence-corrected chi connectivity index (χ1v) is 5.71. The van der Waals surface area contributed by atoms with E-state index in [0.29, 0.717) is 11.1 Å². The number of carboxylic acids is 1. The van der Waals surface area contributed by atoms with Crippen molar-refractivity contribution in [2.24, 2.45) is 0 Å². The maximum Gasteiger partial charge on any atom is 0.352 e. The van der Waals surface area contributed by atoms with Crippen LogP contribution in [-0.4, -0.2) is 20.6 Å². The van der Waals surface area contributed by atoms with Crippen molar-refractivity contribution < 1.29 is 14.3 Å². The zero-order valence-electron chi connectivity index (χ0n) is 10.5. The number of aromatic amines is 1. The topological polar surface area (TPSA) is 92.2 Å². The molecule has 1 aromatic heterocycles. The molecule has 0 aliphatic carbocycles. The number of H-pyrrole nitrogens is 1. The highest BCUT2D eigenvalue weighted by Gasteiger charge is 2.10. The second-order valence-electron chi connectivity index (χ2n) is 4.29. The van der Waals surface area contributed by atoms with Crippen molar-refractivity contribution in [3.8, 4) is 0 Å². The molecule has 0 bridgehead atoms. The van der Waals surface area contributed by atoms with Crippen LogP contribution < -0.4 is 11.2 Å². The van der Waals surface area contributed by atoms with Crippen molar-refractivity contribution in [1.29, 1.82) is 0 Å². The molecule has 0 amide bonds. The van der Waals surface area contributed by atoms with Crippen LogP contribution in [0.1, 0.15) is 21.6 Å². The van der Waals surface area contributed by atoms with Gasteiger partial charge < -0.3 is 10.1 Å². The second kappa shape index (κ2) is 5.12. The summed E-state index contributed by atoms with van der Waals surface area (Å²) in [5.74, 6) is -1.79. The van der Waals surface area contributed by atoms with Crippen molar-refractivity contribution in [3.63, 3.8) is 0 Å². The van der Waals surface area contributed by atoms with Gasteiger partial charge in [0.05, 0.1) is 6.54 Å². The summed E-state index contributed by atoms with van der Waals surface area (Å²) < 4.78 is 13.8. The molecule has 0 radical (unpaired) electrons. The summed E-state index contributed by atoms with van der Waals surface area (Å²) in [5.41, 5.74) is -0.818. The van der Waals surface area contributed by atoms with Crippen LogP contribution in [0.25, 0.3) is 0 Å². The average Bonchev–Trinajstić information content (AvgIpc) is 2.35. The molecular formula is C13H11FN2O4. The van der Waals surface area contributed by atoms with Crippen molar-refractivity contribution in [2.75, 3.05) is 0 Å². The van der Waals surface area contributed by atoms with Crippen LogP contribution in [0.3, 0.4) is 0 Å². The molecule has 0 saturated carbocycles. The molecule has 0 unspecified atom stereocenters. The first-order chi connectivity index (χ1) is 9.38. The molecule has 2 rings (SSSR count). The van der Waals surface area contributed by atoms with Gasteiger partial charge in [-0.2, -0.15) is 0 Å². The number of aryl methyl sites for hydroxylation is 1. The van der Waals surface area contributed by atoms with Crippen LogP contribution in [0.15, 0.2) is 33.9 Å². The monoisotopic (exact) mass is 278 g/mol. The van der Waals surface area contributed by atoms with Crippen LogP contribution in [0.4, 0.5) is 4.39 Å². The number of hydrogen-bond donors (Lipinski definition) is 2. The molecule has 1 heterocycles. The fraction of sp³-hybridized carbons (Fsp3) is 0.154. The molecular weight excluding hydrogens is 267 g/mol. The van der Waals surface area contributed by atoms with Crippen LogP contribution in [-0.2, 0) is 6.54 Å². The number of carboxylic acid groups (broad SMARTS) is 1. The molecule has 0 aliphatic heterocycles. The first-order valence-electron chi connectivity index (χ1n) is 5.71. The lowest BCUT2D eigenvalue weighted by Gasteiger charge is -2.08. The molecule has 1 aromatic carbocycles. The van der Waals surface area contributed by atoms with Gasteiger partial charge in [-0.3, -0.25) is 9.36 Å². The van der Waals surface area contributed by atoms with E-state index in [1.807, 2.05) is 0 Å². The van der Waals surface area contributed by atoms with Crippen LogP contribution in [0.5, 0.6) is 0 Å². The first kappa shape index (κ1) is 13.7. The minimum absolute atomic E-state index is 0.0554. The Balaban J connectivity index is 2.47. The largest absolute Gasteiger partial charge is 0.477 e. The molecule has 0 fully saturated rings. The van der Waals surface area contributed by atoms with E-state index in [1.165, 1.54) is 18.2 Å². The lowest BCUT2D eigenvalue weighted by Crippen LogP contribution is -2.36. The van der Waals surface area contributed by atoms with Crippen LogP contribution in [0.2, 0.25) is 0 Å². The number of nitrogens with zero attached hydrogens (tertiary/aromatic N) is 1. The zero-order valence-corrected chi connectivity index (χ0v) is 10.5. The lowest BCUT2D eigenvalue weighted by molar-refractivity contribution is 0.0689. The SMILES string of the molecule is Cc1cc(F)ccc1Cn1c(=O)cc(C(=O)O)[nH]c1=O. The van der Waals surface area contributed by atoms with E-state index in [0.717, 1.165) is 10.6 Å². The summed E-state index contributed by atoms with van der Waals surface area (Å²) in [6, 6.07) is 4.83. The summed E-state index contributed by atoms with van der Waals surface area (Å²) in [5, 5.41) is 8.73. The van der Waals surface area contributed by atoms with Crippen molar-refractivity contribution in [3.05, 3.63) is 67.7 Å². The quantitative estimate of drug-likeness (QED) is 0.865. The molecule has 0 aliphatic rings. The Bertz CT molecular complexity index is 760. The number of rotatable bonds is 3. The lowest BCUT2D eigenvalue weighted by atomic mass is 10.1. The van der Waals surface area contributed by atoms with Crippen molar-refractivity contribution in [2.45, 2.75) is 13.5 Å². The van der Waals surface area contributed by atoms with Crippen LogP contribution >= 0.6 is 0 Å². The fourth-order valence-corrected chi connectivity index (χ4v) is 1.79. The highest BCUT2D eigenvalue weighted by Crippen LogP contribution is 2.10. The van der Waals surface area contributed by atoms with Gasteiger partial charge in [0.25, 0.3) is 5.56 Å². The molecule has 0 saturated heterocycles. The molecule has 0 atom stereocenters. The second-order valence-corrected chi connectivity index (χ2v) is 4.29. The highest BCUT2D eigenvalue weighted by molar-refractivity contribution is 5.84. The third-order valence-corrected chi connectivity index (χ3v) is 2.88. The number of halogens is 1. The maximum absolute atomic E-state index is 13.0. The minimum Gasteiger partial charge on any atom is -0.477 e. The molecule has 0 spiro atoms. The Morgan fingerprint density at radius 1 is 1.35 bits per heavy atom. The number of hydrogen-bond acceptors (Lipinski definition) is 3. The predicted octanol–water partition coefficient (Wildman–Crippen LogP) is 0.731. The Hall–Kier alpha value is -2.70. The van der Waals surface area contributed by atoms with Gasteiger partial charge in [-0.15, -0.1) is 0 Å². The van der Waals surface area contributed by atoms with Gasteiger partial charge in [-0.05, 0) is 30.2 Å². The van der Waals surface area contributed by atoms with E-state index in [-0.39, 0.29) is 6.54 Å². The summed E-state index contributed by atoms with van der Waals surface area (Å²) >= 11 is 0. The third kappa shape index (κ3) is 2.66. The molecule has 2 aromatic rings. The Kier molecular flexibility index (Phi) is 3.51. The van der Waals surface area contributed by atoms with E-state index in [1.54, 1.807) is 6.92 Å². The molecule has 7 heteroatoms. The highest BCUT2D eigenvalue weighted by atomic mass is 19.1. The van der Waals surface area contributed by atoms with Crippen molar-refractivity contribution >= 4 is 5.97 Å². The van der Waals surface area contributed by atoms with Gasteiger partial charge in [0.1, 0.15) is 11.5 Å². The van der Waals surface area contributed by atoms with Gasteiger partial charge >= 0.3 is 11.7 Å². The molecule has 2 N–H and O–H groups in total. The Morgan fingerprint density at radius 3 is 2.60 bits per heavy atom. The molecule has 6 nitrogen and oxygen atoms in total. The maximum atomic E-state index is 13.0. The summed E-state index contributed by atoms with van der Waals surface area (Å²) in [4.78, 5) is 36.3. The third-order valence-electron chi connectivity index (χ3n) is 2.88. The van der Waals surface area contributed by atoms with Gasteiger partial charge in [0.15, 0.2) is 0 Å². The summed E-state index contributed by atoms with van der Waals surface area (Å²) in [6.07, 6.45) is 0. The smallest absolute Gasteiger partial charge is 0.352 e. The number of aromatic nitrogens is 2. The van der Waals surface area contributed by atoms with E-state index < -0.39 is 28.7 Å². The predicted molar refractivity (Wildman–Crippen MR) is 68.5 cm³/mol. The summed E-state index contributed by atoms with van der Waals surface area (Å²) in [6.45, 7) is 1.60.